The van der Waals surface area contributed by atoms with Crippen molar-refractivity contribution in [2.45, 2.75) is 155 Å². The molecule has 348 valence electrons. The lowest BCUT2D eigenvalue weighted by molar-refractivity contribution is -0.389. The molecule has 4 aliphatic rings. The van der Waals surface area contributed by atoms with E-state index in [0.717, 1.165) is 13.8 Å². The third-order valence-electron chi connectivity index (χ3n) is 10.1. The van der Waals surface area contributed by atoms with Gasteiger partial charge in [-0.25, -0.2) is 8.98 Å². The minimum absolute atomic E-state index is 0.830. The third kappa shape index (κ3) is 11.4. The number of aliphatic hydroxyl groups is 11. The summed E-state index contributed by atoms with van der Waals surface area (Å²) >= 11 is 0. The van der Waals surface area contributed by atoms with Crippen LogP contribution in [0.4, 0.5) is 0 Å². The Labute approximate surface area is 340 Å². The summed E-state index contributed by atoms with van der Waals surface area (Å²) < 4.78 is 76.2. The van der Waals surface area contributed by atoms with Crippen molar-refractivity contribution in [3.8, 4) is 0 Å². The zero-order valence-corrected chi connectivity index (χ0v) is 32.7. The molecule has 0 radical (unpaired) electrons. The highest BCUT2D eigenvalue weighted by atomic mass is 32.3. The average molecular weight is 901 g/mol. The Bertz CT molecular complexity index is 1580. The minimum Gasteiger partial charge on any atom is -0.477 e. The van der Waals surface area contributed by atoms with Crippen molar-refractivity contribution in [1.82, 2.24) is 10.6 Å². The molecular formula is C31H52N2O26S. The first-order valence-electron chi connectivity index (χ1n) is 18.2. The van der Waals surface area contributed by atoms with Gasteiger partial charge in [-0.3, -0.25) is 14.1 Å². The van der Waals surface area contributed by atoms with Gasteiger partial charge in [0.15, 0.2) is 18.9 Å². The van der Waals surface area contributed by atoms with Gasteiger partial charge in [0.1, 0.15) is 85.4 Å². The van der Waals surface area contributed by atoms with Gasteiger partial charge in [0.2, 0.25) is 11.8 Å². The highest BCUT2D eigenvalue weighted by molar-refractivity contribution is 7.80. The fourth-order valence-electron chi connectivity index (χ4n) is 7.13. The number of hydrogen-bond acceptors (Lipinski definition) is 24. The maximum atomic E-state index is 13.0. The molecule has 4 fully saturated rings. The predicted octanol–water partition coefficient (Wildman–Crippen LogP) is -9.40. The zero-order valence-electron chi connectivity index (χ0n) is 31.9. The highest BCUT2D eigenvalue weighted by Crippen LogP contribution is 2.39. The second-order valence-corrected chi connectivity index (χ2v) is 15.6. The van der Waals surface area contributed by atoms with Crippen LogP contribution in [0.25, 0.3) is 0 Å². The number of ether oxygens (including phenoxy) is 7. The lowest BCUT2D eigenvalue weighted by atomic mass is 9.88. The van der Waals surface area contributed by atoms with E-state index in [1.807, 2.05) is 0 Å². The molecule has 0 aromatic rings. The summed E-state index contributed by atoms with van der Waals surface area (Å²) in [5.74, 6) is -7.05. The van der Waals surface area contributed by atoms with E-state index in [1.54, 1.807) is 0 Å². The number of carbonyl (C=O) groups excluding carboxylic acids is 2. The van der Waals surface area contributed by atoms with E-state index in [9.17, 15) is 88.6 Å². The summed E-state index contributed by atoms with van der Waals surface area (Å²) in [4.78, 5) is 37.2. The van der Waals surface area contributed by atoms with E-state index in [-0.39, 0.29) is 0 Å². The number of hydrogen-bond donors (Lipinski definition) is 15. The Morgan fingerprint density at radius 3 is 1.92 bits per heavy atom. The lowest BCUT2D eigenvalue weighted by Gasteiger charge is -2.51. The van der Waals surface area contributed by atoms with E-state index in [2.05, 4.69) is 14.8 Å². The number of aliphatic hydroxyl groups excluding tert-OH is 11. The molecule has 4 rings (SSSR count). The van der Waals surface area contributed by atoms with Crippen LogP contribution in [0, 0.1) is 0 Å². The van der Waals surface area contributed by atoms with Crippen LogP contribution in [0.1, 0.15) is 27.2 Å². The monoisotopic (exact) mass is 900 g/mol. The van der Waals surface area contributed by atoms with Gasteiger partial charge < -0.3 is 105 Å². The van der Waals surface area contributed by atoms with Gasteiger partial charge >= 0.3 is 16.4 Å². The number of carboxylic acids is 1. The molecule has 0 aliphatic carbocycles. The number of rotatable bonds is 16. The van der Waals surface area contributed by atoms with Gasteiger partial charge in [0, 0.05) is 20.3 Å². The van der Waals surface area contributed by atoms with Crippen molar-refractivity contribution < 1.29 is 126 Å². The quantitative estimate of drug-likeness (QED) is 0.0640. The lowest BCUT2D eigenvalue weighted by Crippen LogP contribution is -2.71. The fraction of sp³-hybridized carbons (Fsp3) is 0.903. The summed E-state index contributed by atoms with van der Waals surface area (Å²) in [6.45, 7) is -0.278. The number of carboxylic acid groups (broad SMARTS) is 1. The maximum Gasteiger partial charge on any atom is 0.397 e. The van der Waals surface area contributed by atoms with E-state index < -0.39 is 183 Å². The standard InChI is InChI=1S/C31H52N2O26S/c1-8-17(40)20(43)21(44)28(53-8)57-25-16(33-10(3)37)27(46)54-13(6-35)23(25)56-29-22(45)26(19(42)14(55-29)7-52-60(49,50)51)59-31(30(47)48)4-11(38)15(32-9(2)36)24(58-31)18(41)12(39)5-34/h8,11-29,34-35,38-46H,4-7H2,1-3H3,(H,32,36)(H,33,37)(H,47,48)(H,49,50,51)/t8-,11-,12+,13+,14+,15+,16+,17+,18+,19-,20+,21-,22+,23+,24+,25+,26-,27?,28-,29-,31-/m0/s1. The third-order valence-corrected chi connectivity index (χ3v) is 10.6. The first-order chi connectivity index (χ1) is 27.9. The molecule has 29 heteroatoms. The van der Waals surface area contributed by atoms with Crippen LogP contribution in [-0.4, -0.2) is 240 Å². The molecule has 60 heavy (non-hydrogen) atoms. The SMILES string of the molecule is CC(=O)N[C@H]1[C@H]([C@H](O)[C@H](O)CO)O[C@@](O[C@H]2[C@@H](O)[C@@H](COS(=O)(=O)O)O[C@@H](O[C@H]3[C@H](O[C@@H]4O[C@@H](C)[C@@H](O)[C@@H](O)[C@@H]4O)[C@@H](NC(C)=O)C(O)O[C@@H]3CO)[C@@H]2O)(C(=O)O)C[C@@H]1O. The van der Waals surface area contributed by atoms with Gasteiger partial charge in [-0.05, 0) is 6.92 Å². The summed E-state index contributed by atoms with van der Waals surface area (Å²) in [5.41, 5.74) is 0. The van der Waals surface area contributed by atoms with Crippen LogP contribution in [0.5, 0.6) is 0 Å². The Kier molecular flexibility index (Phi) is 17.1. The molecule has 4 heterocycles. The van der Waals surface area contributed by atoms with E-state index in [4.69, 9.17) is 33.2 Å². The van der Waals surface area contributed by atoms with Gasteiger partial charge in [-0.1, -0.05) is 0 Å². The molecule has 15 N–H and O–H groups in total. The van der Waals surface area contributed by atoms with E-state index in [0.29, 0.717) is 0 Å². The van der Waals surface area contributed by atoms with Crippen LogP contribution >= 0.6 is 0 Å². The van der Waals surface area contributed by atoms with Crippen LogP contribution in [-0.2, 0) is 62.1 Å². The van der Waals surface area contributed by atoms with Crippen molar-refractivity contribution in [3.05, 3.63) is 0 Å². The molecule has 2 amide bonds. The molecule has 1 unspecified atom stereocenters. The predicted molar refractivity (Wildman–Crippen MR) is 183 cm³/mol. The Morgan fingerprint density at radius 2 is 1.37 bits per heavy atom. The van der Waals surface area contributed by atoms with Gasteiger partial charge in [-0.2, -0.15) is 8.42 Å². The van der Waals surface area contributed by atoms with E-state index in [1.165, 1.54) is 6.92 Å². The molecule has 0 aromatic carbocycles. The molecule has 4 aliphatic heterocycles. The topological polar surface area (TPSA) is 446 Å². The van der Waals surface area contributed by atoms with Crippen LogP contribution in [0.2, 0.25) is 0 Å². The number of amides is 2. The summed E-state index contributed by atoms with van der Waals surface area (Å²) in [6.07, 6.45) is -37.6. The molecule has 0 saturated carbocycles. The van der Waals surface area contributed by atoms with Crippen molar-refractivity contribution in [3.63, 3.8) is 0 Å². The average Bonchev–Trinajstić information content (AvgIpc) is 3.16. The highest BCUT2D eigenvalue weighted by Gasteiger charge is 2.61. The minimum atomic E-state index is -5.32. The molecule has 21 atom stereocenters. The molecular weight excluding hydrogens is 848 g/mol. The number of nitrogens with one attached hydrogen (secondary N) is 2. The second-order valence-electron chi connectivity index (χ2n) is 14.6. The zero-order chi connectivity index (χ0) is 45.2. The molecule has 0 aromatic heterocycles. The molecule has 0 bridgehead atoms. The Hall–Kier alpha value is -2.44. The van der Waals surface area contributed by atoms with Crippen molar-refractivity contribution in [2.75, 3.05) is 19.8 Å². The first-order valence-corrected chi connectivity index (χ1v) is 19.6. The number of carbonyl (C=O) groups is 3. The Morgan fingerprint density at radius 1 is 0.783 bits per heavy atom. The normalized spacial score (nSPS) is 43.7. The second kappa shape index (κ2) is 20.4. The Balaban J connectivity index is 1.77. The summed E-state index contributed by atoms with van der Waals surface area (Å²) in [6, 6.07) is -3.40. The summed E-state index contributed by atoms with van der Waals surface area (Å²) in [5, 5.41) is 132. The molecule has 0 spiro atoms. The van der Waals surface area contributed by atoms with E-state index >= 15 is 0 Å². The number of aliphatic carboxylic acids is 1. The van der Waals surface area contributed by atoms with Gasteiger partial charge in [-0.15, -0.1) is 0 Å². The van der Waals surface area contributed by atoms with Crippen LogP contribution in [0.15, 0.2) is 0 Å². The van der Waals surface area contributed by atoms with Crippen LogP contribution < -0.4 is 10.6 Å². The smallest absolute Gasteiger partial charge is 0.397 e. The fourth-order valence-corrected chi connectivity index (χ4v) is 7.44. The molecule has 28 nitrogen and oxygen atoms in total. The summed E-state index contributed by atoms with van der Waals surface area (Å²) in [7, 11) is -5.32. The van der Waals surface area contributed by atoms with Crippen molar-refractivity contribution in [1.29, 1.82) is 0 Å². The largest absolute Gasteiger partial charge is 0.477 e. The van der Waals surface area contributed by atoms with Gasteiger partial charge in [0.05, 0.1) is 38.1 Å². The first kappa shape index (κ1) is 50.2. The van der Waals surface area contributed by atoms with Gasteiger partial charge in [0.25, 0.3) is 5.79 Å². The van der Waals surface area contributed by atoms with Crippen LogP contribution in [0.3, 0.4) is 0 Å². The van der Waals surface area contributed by atoms with Crippen molar-refractivity contribution >= 4 is 28.2 Å². The molecule has 4 saturated heterocycles. The maximum absolute atomic E-state index is 13.0. The van der Waals surface area contributed by atoms with Crippen molar-refractivity contribution in [2.24, 2.45) is 0 Å².